The van der Waals surface area contributed by atoms with E-state index in [2.05, 4.69) is 5.32 Å². The van der Waals surface area contributed by atoms with Crippen LogP contribution in [0.5, 0.6) is 0 Å². The normalized spacial score (nSPS) is 16.6. The van der Waals surface area contributed by atoms with E-state index in [1.807, 2.05) is 48.5 Å². The summed E-state index contributed by atoms with van der Waals surface area (Å²) >= 11 is 0. The first-order valence-electron chi connectivity index (χ1n) is 6.69. The van der Waals surface area contributed by atoms with E-state index in [1.165, 1.54) is 0 Å². The van der Waals surface area contributed by atoms with Crippen molar-refractivity contribution >= 4 is 11.7 Å². The number of hydrogen-bond acceptors (Lipinski definition) is 2. The number of nitrogens with one attached hydrogen (secondary N) is 1. The van der Waals surface area contributed by atoms with Gasteiger partial charge in [-0.25, -0.2) is 0 Å². The van der Waals surface area contributed by atoms with Crippen molar-refractivity contribution in [1.29, 1.82) is 0 Å². The average Bonchev–Trinajstić information content (AvgIpc) is 2.77. The number of rotatable bonds is 4. The quantitative estimate of drug-likeness (QED) is 0.923. The van der Waals surface area contributed by atoms with Crippen LogP contribution in [-0.2, 0) is 11.2 Å². The summed E-state index contributed by atoms with van der Waals surface area (Å²) in [7, 11) is 0. The van der Waals surface area contributed by atoms with Gasteiger partial charge < -0.3 is 5.32 Å². The van der Waals surface area contributed by atoms with Gasteiger partial charge in [-0.1, -0.05) is 48.5 Å². The van der Waals surface area contributed by atoms with Gasteiger partial charge in [-0.05, 0) is 17.2 Å². The highest BCUT2D eigenvalue weighted by Crippen LogP contribution is 2.27. The van der Waals surface area contributed by atoms with Gasteiger partial charge >= 0.3 is 0 Å². The molecular weight excluding hydrogens is 250 g/mol. The average molecular weight is 265 g/mol. The molecule has 2 aromatic rings. The molecule has 100 valence electrons. The predicted octanol–water partition coefficient (Wildman–Crippen LogP) is 2.67. The van der Waals surface area contributed by atoms with Gasteiger partial charge in [-0.2, -0.15) is 0 Å². The Kier molecular flexibility index (Phi) is 3.33. The van der Waals surface area contributed by atoms with E-state index in [0.29, 0.717) is 18.4 Å². The van der Waals surface area contributed by atoms with Crippen molar-refractivity contribution in [1.82, 2.24) is 5.32 Å². The molecule has 1 aliphatic rings. The third-order valence-corrected chi connectivity index (χ3v) is 3.56. The minimum absolute atomic E-state index is 0.0851. The SMILES string of the molecule is O=C(Cc1ccccc1)C[C@@H]1NC(=O)c2ccccc21. The van der Waals surface area contributed by atoms with Crippen LogP contribution in [0.25, 0.3) is 0 Å². The highest BCUT2D eigenvalue weighted by atomic mass is 16.2. The maximum absolute atomic E-state index is 12.1. The van der Waals surface area contributed by atoms with Crippen LogP contribution in [0.15, 0.2) is 54.6 Å². The van der Waals surface area contributed by atoms with E-state index < -0.39 is 0 Å². The molecule has 1 atom stereocenters. The lowest BCUT2D eigenvalue weighted by Crippen LogP contribution is -2.22. The minimum atomic E-state index is -0.185. The second-order valence-electron chi connectivity index (χ2n) is 5.02. The van der Waals surface area contributed by atoms with Gasteiger partial charge in [-0.3, -0.25) is 9.59 Å². The molecule has 3 rings (SSSR count). The monoisotopic (exact) mass is 265 g/mol. The van der Waals surface area contributed by atoms with Crippen molar-refractivity contribution in [2.24, 2.45) is 0 Å². The first-order valence-corrected chi connectivity index (χ1v) is 6.69. The van der Waals surface area contributed by atoms with Crippen LogP contribution in [0.2, 0.25) is 0 Å². The van der Waals surface area contributed by atoms with Crippen LogP contribution >= 0.6 is 0 Å². The lowest BCUT2D eigenvalue weighted by molar-refractivity contribution is -0.118. The van der Waals surface area contributed by atoms with Gasteiger partial charge in [0.25, 0.3) is 5.91 Å². The standard InChI is InChI=1S/C17H15NO2/c19-13(10-12-6-2-1-3-7-12)11-16-14-8-4-5-9-15(14)17(20)18-16/h1-9,16H,10-11H2,(H,18,20)/t16-/m0/s1. The summed E-state index contributed by atoms with van der Waals surface area (Å²) in [5.74, 6) is 0.0521. The molecule has 0 radical (unpaired) electrons. The lowest BCUT2D eigenvalue weighted by Gasteiger charge is -2.10. The molecule has 2 aromatic carbocycles. The third kappa shape index (κ3) is 2.48. The van der Waals surface area contributed by atoms with Gasteiger partial charge in [0.15, 0.2) is 0 Å². The zero-order chi connectivity index (χ0) is 13.9. The molecule has 0 saturated carbocycles. The molecule has 0 bridgehead atoms. The number of Topliss-reactive ketones (excluding diaryl/α,β-unsaturated/α-hetero) is 1. The molecule has 0 aliphatic carbocycles. The van der Waals surface area contributed by atoms with E-state index in [-0.39, 0.29) is 17.7 Å². The Balaban J connectivity index is 1.70. The fourth-order valence-corrected chi connectivity index (χ4v) is 2.61. The zero-order valence-electron chi connectivity index (χ0n) is 11.0. The molecule has 20 heavy (non-hydrogen) atoms. The lowest BCUT2D eigenvalue weighted by atomic mass is 9.98. The molecule has 0 spiro atoms. The van der Waals surface area contributed by atoms with Crippen molar-refractivity contribution in [2.75, 3.05) is 0 Å². The van der Waals surface area contributed by atoms with Crippen molar-refractivity contribution in [3.05, 3.63) is 71.3 Å². The Morgan fingerprint density at radius 1 is 1.00 bits per heavy atom. The van der Waals surface area contributed by atoms with E-state index in [9.17, 15) is 9.59 Å². The molecule has 0 unspecified atom stereocenters. The number of ketones is 1. The Hall–Kier alpha value is -2.42. The number of fused-ring (bicyclic) bond motifs is 1. The Labute approximate surface area is 117 Å². The Morgan fingerprint density at radius 3 is 2.50 bits per heavy atom. The van der Waals surface area contributed by atoms with Crippen LogP contribution in [0.1, 0.15) is 33.9 Å². The van der Waals surface area contributed by atoms with Crippen molar-refractivity contribution < 1.29 is 9.59 Å². The summed E-state index contributed by atoms with van der Waals surface area (Å²) in [5.41, 5.74) is 2.62. The second kappa shape index (κ2) is 5.29. The van der Waals surface area contributed by atoms with Crippen LogP contribution in [0.3, 0.4) is 0 Å². The summed E-state index contributed by atoms with van der Waals surface area (Å²) in [4.78, 5) is 23.9. The fraction of sp³-hybridized carbons (Fsp3) is 0.176. The van der Waals surface area contributed by atoms with Crippen LogP contribution < -0.4 is 5.32 Å². The first kappa shape index (κ1) is 12.6. The zero-order valence-corrected chi connectivity index (χ0v) is 11.0. The third-order valence-electron chi connectivity index (χ3n) is 3.56. The predicted molar refractivity (Wildman–Crippen MR) is 76.4 cm³/mol. The molecule has 3 nitrogen and oxygen atoms in total. The smallest absolute Gasteiger partial charge is 0.252 e. The van der Waals surface area contributed by atoms with Gasteiger partial charge in [0.2, 0.25) is 0 Å². The highest BCUT2D eigenvalue weighted by molar-refractivity contribution is 5.99. The van der Waals surface area contributed by atoms with Crippen LogP contribution in [0, 0.1) is 0 Å². The molecule has 0 fully saturated rings. The topological polar surface area (TPSA) is 46.2 Å². The molecule has 1 amide bonds. The summed E-state index contributed by atoms with van der Waals surface area (Å²) < 4.78 is 0. The fourth-order valence-electron chi connectivity index (χ4n) is 2.61. The largest absolute Gasteiger partial charge is 0.345 e. The van der Waals surface area contributed by atoms with Crippen molar-refractivity contribution in [3.63, 3.8) is 0 Å². The Bertz CT molecular complexity index is 649. The number of benzene rings is 2. The van der Waals surface area contributed by atoms with E-state index in [1.54, 1.807) is 6.07 Å². The summed E-state index contributed by atoms with van der Waals surface area (Å²) in [6.45, 7) is 0. The number of hydrogen-bond donors (Lipinski definition) is 1. The minimum Gasteiger partial charge on any atom is -0.345 e. The number of carbonyl (C=O) groups is 2. The molecule has 0 saturated heterocycles. The van der Waals surface area contributed by atoms with Crippen LogP contribution in [-0.4, -0.2) is 11.7 Å². The molecule has 1 aliphatic heterocycles. The maximum Gasteiger partial charge on any atom is 0.252 e. The van der Waals surface area contributed by atoms with E-state index in [4.69, 9.17) is 0 Å². The summed E-state index contributed by atoms with van der Waals surface area (Å²) in [6.07, 6.45) is 0.757. The molecular formula is C17H15NO2. The van der Waals surface area contributed by atoms with Gasteiger partial charge in [0.1, 0.15) is 5.78 Å². The van der Waals surface area contributed by atoms with Gasteiger partial charge in [0, 0.05) is 18.4 Å². The Morgan fingerprint density at radius 2 is 1.70 bits per heavy atom. The van der Waals surface area contributed by atoms with Gasteiger partial charge in [0.05, 0.1) is 6.04 Å². The maximum atomic E-state index is 12.1. The first-order chi connectivity index (χ1) is 9.74. The molecule has 0 aromatic heterocycles. The van der Waals surface area contributed by atoms with E-state index >= 15 is 0 Å². The molecule has 1 heterocycles. The second-order valence-corrected chi connectivity index (χ2v) is 5.02. The van der Waals surface area contributed by atoms with Crippen LogP contribution in [0.4, 0.5) is 0 Å². The van der Waals surface area contributed by atoms with Crippen molar-refractivity contribution in [3.8, 4) is 0 Å². The number of carbonyl (C=O) groups excluding carboxylic acids is 2. The number of amides is 1. The van der Waals surface area contributed by atoms with Gasteiger partial charge in [-0.15, -0.1) is 0 Å². The molecule has 1 N–H and O–H groups in total. The molecule has 3 heteroatoms. The summed E-state index contributed by atoms with van der Waals surface area (Å²) in [6, 6.07) is 16.9. The van der Waals surface area contributed by atoms with Crippen molar-refractivity contribution in [2.45, 2.75) is 18.9 Å². The summed E-state index contributed by atoms with van der Waals surface area (Å²) in [5, 5.41) is 2.88. The van der Waals surface area contributed by atoms with E-state index in [0.717, 1.165) is 11.1 Å². The highest BCUT2D eigenvalue weighted by Gasteiger charge is 2.29.